The number of anilines is 1. The molecule has 0 spiro atoms. The van der Waals surface area contributed by atoms with Crippen LogP contribution in [-0.4, -0.2) is 70.3 Å². The predicted octanol–water partition coefficient (Wildman–Crippen LogP) is 11.6. The van der Waals surface area contributed by atoms with Crippen molar-refractivity contribution in [3.8, 4) is 133 Å². The zero-order valence-electron chi connectivity index (χ0n) is 74.6. The third-order valence-corrected chi connectivity index (χ3v) is 23.7. The number of alkyl halides is 3. The van der Waals surface area contributed by atoms with E-state index in [4.69, 9.17) is 26.2 Å². The highest BCUT2D eigenvalue weighted by Gasteiger charge is 2.29. The number of pyridine rings is 6. The monoisotopic (exact) mass is 2030 g/mol. The van der Waals surface area contributed by atoms with Crippen molar-refractivity contribution < 1.29 is 103 Å². The van der Waals surface area contributed by atoms with Crippen LogP contribution in [0.3, 0.4) is 0 Å². The van der Waals surface area contributed by atoms with E-state index in [9.17, 15) is 31.4 Å². The van der Waals surface area contributed by atoms with Crippen LogP contribution < -0.4 is 72.3 Å². The Labute approximate surface area is 842 Å². The Balaban J connectivity index is 0.000000182. The van der Waals surface area contributed by atoms with E-state index >= 15 is 0 Å². The molecule has 33 heteroatoms. The number of carboxylic acids is 1. The van der Waals surface area contributed by atoms with Crippen LogP contribution in [0, 0.1) is 137 Å². The van der Waals surface area contributed by atoms with Gasteiger partial charge in [0.1, 0.15) is 52.2 Å². The number of hydrogen-bond acceptors (Lipinski definition) is 19. The number of hydrogen-bond donors (Lipinski definition) is 2. The molecule has 5 aromatic carbocycles. The molecule has 12 heterocycles. The summed E-state index contributed by atoms with van der Waals surface area (Å²) in [6.45, 7) is 13.9. The summed E-state index contributed by atoms with van der Waals surface area (Å²) in [5.74, 6) is 33.6. The lowest BCUT2D eigenvalue weighted by Crippen LogP contribution is -3.00. The number of ether oxygens (including phenoxy) is 1. The van der Waals surface area contributed by atoms with E-state index in [1.54, 1.807) is 118 Å². The number of benzene rings is 5. The van der Waals surface area contributed by atoms with Gasteiger partial charge in [-0.05, 0) is 229 Å². The molecule has 17 nitrogen and oxygen atoms in total. The molecule has 6 N–H and O–H groups in total. The third-order valence-electron chi connectivity index (χ3n) is 18.8. The van der Waals surface area contributed by atoms with E-state index in [-0.39, 0.29) is 49.6 Å². The molecule has 0 bridgehead atoms. The first-order chi connectivity index (χ1) is 65.2. The smallest absolute Gasteiger partial charge is 0.430 e. The molecule has 1 fully saturated rings. The van der Waals surface area contributed by atoms with Crippen LogP contribution in [0.1, 0.15) is 128 Å². The van der Waals surface area contributed by atoms with Gasteiger partial charge in [-0.1, -0.05) is 94.5 Å². The average Bonchev–Trinajstić information content (AvgIpc) is 1.11. The van der Waals surface area contributed by atoms with Gasteiger partial charge in [0.15, 0.2) is 24.0 Å². The maximum atomic E-state index is 13.2. The largest absolute Gasteiger partial charge is 1.00 e. The zero-order valence-corrected chi connectivity index (χ0v) is 82.6. The van der Waals surface area contributed by atoms with E-state index < -0.39 is 23.8 Å². The highest BCUT2D eigenvalue weighted by molar-refractivity contribution is 7.10. The van der Waals surface area contributed by atoms with Crippen LogP contribution in [-0.2, 0) is 11.4 Å². The fourth-order valence-corrected chi connectivity index (χ4v) is 15.4. The number of methoxy groups -OCH3 is 1. The molecule has 12 aromatic heterocycles. The van der Waals surface area contributed by atoms with Crippen molar-refractivity contribution in [3.05, 3.63) is 383 Å². The number of aryl methyl sites for hydroxylation is 7. The Kier molecular flexibility index (Phi) is 42.1. The third kappa shape index (κ3) is 34.6. The molecule has 0 radical (unpaired) electrons. The molecular weight excluding hydrogens is 1960 g/mol. The summed E-state index contributed by atoms with van der Waals surface area (Å²) in [7, 11) is 1.67. The summed E-state index contributed by atoms with van der Waals surface area (Å²) in [5, 5.41) is 40.3. The number of H-pyrrole nitrogens is 4. The molecule has 0 amide bonds. The molecule has 17 aromatic rings. The number of carbonyl (C=O) groups is 1. The van der Waals surface area contributed by atoms with Crippen molar-refractivity contribution in [1.82, 2.24) is 39.9 Å². The minimum Gasteiger partial charge on any atom is -1.00 e. The minimum atomic E-state index is -5.19. The minimum absolute atomic E-state index is 0. The molecule has 138 heavy (non-hydrogen) atoms. The van der Waals surface area contributed by atoms with Crippen LogP contribution in [0.2, 0.25) is 5.02 Å². The quantitative estimate of drug-likeness (QED) is 0.101. The van der Waals surface area contributed by atoms with Crippen LogP contribution in [0.4, 0.5) is 32.2 Å². The van der Waals surface area contributed by atoms with Crippen molar-refractivity contribution in [1.29, 1.82) is 0 Å². The maximum Gasteiger partial charge on any atom is 0.430 e. The fourth-order valence-electron chi connectivity index (χ4n) is 11.9. The summed E-state index contributed by atoms with van der Waals surface area (Å²) in [5.41, 5.74) is 21.0. The normalized spacial score (nSPS) is 10.5. The standard InChI is InChI=1S/C19H16N2OS.C18H14N2OS.C17H11ClN2S.C17H10F2N2S.C17H11FN2S.C15H15N3S.C2HF3O2.3ClH/c1-13-4-9-19(22-3)17(10-13)18-8-6-15(11-20-18)5-7-16-12-23-14(2)21-16;1-13-20-16(12-22-13)8-6-14-7-9-18(19-10-14)17-5-3-2-4-15(17)11-21;1-12-20-17(11-21-12)6-5-13-7-15(10-19-9-13)14-3-2-4-16(18)8-14;1-11-21-14(10-22-11)5-2-12-3-7-17(20-9-12)13-4-6-15(18)16(19)8-13;1-12-20-16(11-21-12)8-2-13-3-9-17(19-10-13)14-4-6-15(18)7-5-14;1-11-17-14(10-19-11)7-5-12-6-8-15(16-9-12)18-13-3-2-4-13;3-2(4,5)1(6)7;;;/h4,6,8-12H,1-3H3;2-5,7,9-10,12,21H,11H2,1H3;2-4,7-11H,1H3;3-4,6-10H,1H3;3-7,9-11H,1H3;6,8-10,13H,2-4H2,1H3,(H,16,18);(H,6,7);3*1H. The van der Waals surface area contributed by atoms with Gasteiger partial charge in [0.05, 0.1) is 83.8 Å². The van der Waals surface area contributed by atoms with Gasteiger partial charge in [-0.3, -0.25) is 20.3 Å². The fraction of sp³-hybridized carbons (Fsp3) is 0.133. The highest BCUT2D eigenvalue weighted by Crippen LogP contribution is 2.31. The number of thiazole rings is 6. The molecule has 0 saturated heterocycles. The van der Waals surface area contributed by atoms with Gasteiger partial charge < -0.3 is 57.0 Å². The number of rotatable bonds is 9. The number of aromatic amines is 4. The number of nitrogens with zero attached hydrogens (tertiary/aromatic N) is 8. The van der Waals surface area contributed by atoms with E-state index in [0.717, 1.165) is 172 Å². The molecule has 0 atom stereocenters. The maximum absolute atomic E-state index is 13.2. The molecule has 696 valence electrons. The first-order valence-corrected chi connectivity index (χ1v) is 46.8. The highest BCUT2D eigenvalue weighted by atomic mass is 35.5. The number of aliphatic hydroxyl groups excluding tert-OH is 1. The SMILES string of the molecule is COc1ccc(C)cc1-c1ccc(C#Cc2csc(C)n2)cn1.Cc1[nH+]c(C#Cc2ccc(-c3ccc(F)cc3)[nH+]c2)cs1.Cc1nc(C#Cc2ccc(-c3ccc(F)c(F)c3)nc2)cs1.Cc1nc(C#Cc2ccc(-c3ccccc3CO)[nH+]c2)cs1.Cc1nc(C#Cc2ccc(NC3CCC3)[nH+]c2)cs1.Cc1nc(C#Cc2cncc(-c3cccc(Cl)c3)c2)cs1.O=C([O-])C(F)(F)F.[Cl-].[Cl-].[Cl-]. The van der Waals surface area contributed by atoms with Gasteiger partial charge in [-0.2, -0.15) is 18.2 Å². The number of carbonyl (C=O) groups excluding carboxylic acids is 1. The number of aliphatic carboxylic acids is 1. The van der Waals surface area contributed by atoms with E-state index in [1.165, 1.54) is 43.0 Å². The Morgan fingerprint density at radius 3 is 1.41 bits per heavy atom. The van der Waals surface area contributed by atoms with Crippen LogP contribution in [0.25, 0.3) is 56.2 Å². The van der Waals surface area contributed by atoms with Crippen molar-refractivity contribution in [2.75, 3.05) is 12.4 Å². The van der Waals surface area contributed by atoms with Gasteiger partial charge in [0.25, 0.3) is 11.5 Å². The molecule has 0 aliphatic heterocycles. The molecule has 1 saturated carbocycles. The lowest BCUT2D eigenvalue weighted by molar-refractivity contribution is -0.383. The van der Waals surface area contributed by atoms with Gasteiger partial charge in [-0.15, -0.1) is 56.7 Å². The van der Waals surface area contributed by atoms with Gasteiger partial charge in [0, 0.05) is 127 Å². The van der Waals surface area contributed by atoms with Crippen molar-refractivity contribution in [2.45, 2.75) is 86.6 Å². The molecular formula is C105H81Cl4F6N13O4S6. The topological polar surface area (TPSA) is 241 Å². The first kappa shape index (κ1) is 108. The van der Waals surface area contributed by atoms with E-state index in [1.807, 2.05) is 208 Å². The molecule has 18 rings (SSSR count). The Morgan fingerprint density at radius 1 is 0.471 bits per heavy atom. The van der Waals surface area contributed by atoms with E-state index in [2.05, 4.69) is 155 Å². The molecule has 0 unspecified atom stereocenters. The second-order valence-corrected chi connectivity index (χ2v) is 35.9. The zero-order chi connectivity index (χ0) is 95.6. The molecule has 1 aliphatic carbocycles. The predicted molar refractivity (Wildman–Crippen MR) is 519 cm³/mol. The van der Waals surface area contributed by atoms with Gasteiger partial charge in [-0.25, -0.2) is 53.0 Å². The Hall–Kier alpha value is -14.1. The van der Waals surface area contributed by atoms with Gasteiger partial charge >= 0.3 is 6.18 Å². The number of aliphatic hydroxyl groups is 1. The van der Waals surface area contributed by atoms with Crippen molar-refractivity contribution >= 4 is 91.4 Å². The second kappa shape index (κ2) is 54.0. The summed E-state index contributed by atoms with van der Waals surface area (Å²) < 4.78 is 76.0. The number of nitrogens with one attached hydrogen (secondary N) is 5. The Morgan fingerprint density at radius 2 is 0.964 bits per heavy atom. The summed E-state index contributed by atoms with van der Waals surface area (Å²) >= 11 is 15.6. The Bertz CT molecular complexity index is 7330. The average molecular weight is 2040 g/mol. The second-order valence-electron chi connectivity index (χ2n) is 29.1. The lowest BCUT2D eigenvalue weighted by atomic mass is 9.93. The van der Waals surface area contributed by atoms with E-state index in [0.29, 0.717) is 22.3 Å². The van der Waals surface area contributed by atoms with Gasteiger partial charge in [0.2, 0.25) is 16.4 Å². The summed E-state index contributed by atoms with van der Waals surface area (Å²) in [6, 6.07) is 53.7. The number of carboxylic acid groups (broad SMARTS) is 1. The first-order valence-electron chi connectivity index (χ1n) is 41.2. The summed E-state index contributed by atoms with van der Waals surface area (Å²) in [6.07, 6.45) is 11.3. The van der Waals surface area contributed by atoms with Crippen LogP contribution in [0.5, 0.6) is 5.75 Å². The van der Waals surface area contributed by atoms with Crippen molar-refractivity contribution in [2.24, 2.45) is 0 Å². The van der Waals surface area contributed by atoms with Crippen LogP contribution >= 0.6 is 79.6 Å². The van der Waals surface area contributed by atoms with Crippen molar-refractivity contribution in [3.63, 3.8) is 0 Å². The lowest BCUT2D eigenvalue weighted by Gasteiger charge is -2.21. The number of halogens is 10. The van der Waals surface area contributed by atoms with Crippen LogP contribution in [0.15, 0.2) is 252 Å². The number of aromatic nitrogens is 12. The molecule has 1 aliphatic rings. The summed E-state index contributed by atoms with van der Waals surface area (Å²) in [4.78, 5) is 56.2.